The largest absolute Gasteiger partial charge is 0.265 e. The van der Waals surface area contributed by atoms with E-state index in [1.165, 1.54) is 18.4 Å². The number of unbranched alkanes of at least 4 members (excludes halogenated alkanes) is 1. The van der Waals surface area contributed by atoms with E-state index in [4.69, 9.17) is 11.6 Å². The molecule has 0 radical (unpaired) electrons. The first kappa shape index (κ1) is 12.1. The maximum Gasteiger partial charge on any atom is 0.265 e. The summed E-state index contributed by atoms with van der Waals surface area (Å²) < 4.78 is 4.05. The third-order valence-corrected chi connectivity index (χ3v) is 2.86. The van der Waals surface area contributed by atoms with Crippen LogP contribution in [0.2, 0.25) is 5.02 Å². The summed E-state index contributed by atoms with van der Waals surface area (Å²) in [5.74, 6) is 0. The van der Waals surface area contributed by atoms with E-state index in [0.717, 1.165) is 18.1 Å². The molecule has 0 spiro atoms. The average Bonchev–Trinajstić information content (AvgIpc) is 2.74. The second kappa shape index (κ2) is 5.82. The summed E-state index contributed by atoms with van der Waals surface area (Å²) in [6.07, 6.45) is 6.25. The van der Waals surface area contributed by atoms with Crippen LogP contribution < -0.4 is 4.57 Å². The highest BCUT2D eigenvalue weighted by Gasteiger charge is 2.05. The van der Waals surface area contributed by atoms with Gasteiger partial charge < -0.3 is 0 Å². The standard InChI is InChI=1S/C13H17ClN3/c1-2-3-7-17-11-16(10-15-17)9-12-5-4-6-13(14)8-12/h4-6,8,10-11H,2-3,7,9H2,1H3/q+1. The molecule has 0 aliphatic heterocycles. The Morgan fingerprint density at radius 2 is 2.29 bits per heavy atom. The second-order valence-corrected chi connectivity index (χ2v) is 4.60. The van der Waals surface area contributed by atoms with E-state index in [1.54, 1.807) is 0 Å². The lowest BCUT2D eigenvalue weighted by atomic mass is 10.2. The molecule has 90 valence electrons. The molecule has 0 fully saturated rings. The third-order valence-electron chi connectivity index (χ3n) is 2.62. The van der Waals surface area contributed by atoms with Crippen LogP contribution in [0.25, 0.3) is 0 Å². The van der Waals surface area contributed by atoms with Crippen LogP contribution in [0.1, 0.15) is 25.3 Å². The van der Waals surface area contributed by atoms with Crippen LogP contribution in [0.15, 0.2) is 36.9 Å². The molecule has 0 saturated heterocycles. The zero-order valence-corrected chi connectivity index (χ0v) is 10.8. The van der Waals surface area contributed by atoms with Crippen molar-refractivity contribution in [2.75, 3.05) is 0 Å². The number of benzene rings is 1. The summed E-state index contributed by atoms with van der Waals surface area (Å²) in [5, 5.41) is 5.10. The molecule has 0 bridgehead atoms. The van der Waals surface area contributed by atoms with Crippen molar-refractivity contribution in [3.8, 4) is 0 Å². The zero-order valence-electron chi connectivity index (χ0n) is 10.0. The van der Waals surface area contributed by atoms with E-state index in [2.05, 4.69) is 22.7 Å². The van der Waals surface area contributed by atoms with Crippen molar-refractivity contribution in [2.24, 2.45) is 0 Å². The smallest absolute Gasteiger partial charge is 0.233 e. The van der Waals surface area contributed by atoms with Gasteiger partial charge in [-0.05, 0) is 24.1 Å². The van der Waals surface area contributed by atoms with Gasteiger partial charge in [-0.1, -0.05) is 37.1 Å². The van der Waals surface area contributed by atoms with E-state index >= 15 is 0 Å². The Bertz CT molecular complexity index is 479. The van der Waals surface area contributed by atoms with Gasteiger partial charge in [0.2, 0.25) is 6.33 Å². The minimum Gasteiger partial charge on any atom is -0.233 e. The molecule has 4 heteroatoms. The highest BCUT2D eigenvalue weighted by atomic mass is 35.5. The van der Waals surface area contributed by atoms with Crippen LogP contribution in [0.4, 0.5) is 0 Å². The van der Waals surface area contributed by atoms with Crippen molar-refractivity contribution in [3.05, 3.63) is 47.5 Å². The first-order valence-electron chi connectivity index (χ1n) is 5.94. The minimum atomic E-state index is 0.779. The summed E-state index contributed by atoms with van der Waals surface area (Å²) >= 11 is 5.95. The topological polar surface area (TPSA) is 21.7 Å². The van der Waals surface area contributed by atoms with Gasteiger partial charge >= 0.3 is 0 Å². The number of rotatable bonds is 5. The summed E-state index contributed by atoms with van der Waals surface area (Å²) in [6.45, 7) is 3.98. The van der Waals surface area contributed by atoms with Crippen molar-refractivity contribution >= 4 is 11.6 Å². The molecule has 1 aromatic heterocycles. The number of aromatic nitrogens is 3. The van der Waals surface area contributed by atoms with E-state index in [9.17, 15) is 0 Å². The molecule has 0 saturated carbocycles. The van der Waals surface area contributed by atoms with Crippen molar-refractivity contribution in [3.63, 3.8) is 0 Å². The van der Waals surface area contributed by atoms with Gasteiger partial charge in [0.05, 0.1) is 6.54 Å². The Hall–Kier alpha value is -1.35. The molecule has 0 unspecified atom stereocenters. The third kappa shape index (κ3) is 3.56. The molecule has 0 N–H and O–H groups in total. The van der Waals surface area contributed by atoms with Crippen molar-refractivity contribution in [1.82, 2.24) is 9.78 Å². The molecule has 3 nitrogen and oxygen atoms in total. The molecule has 0 atom stereocenters. The molecule has 1 aromatic carbocycles. The first-order valence-corrected chi connectivity index (χ1v) is 6.31. The van der Waals surface area contributed by atoms with E-state index in [1.807, 2.05) is 35.5 Å². The molecule has 0 aliphatic rings. The van der Waals surface area contributed by atoms with Crippen LogP contribution >= 0.6 is 11.6 Å². The predicted molar refractivity (Wildman–Crippen MR) is 67.9 cm³/mol. The number of nitrogens with zero attached hydrogens (tertiary/aromatic N) is 3. The Balaban J connectivity index is 2.01. The van der Waals surface area contributed by atoms with Crippen molar-refractivity contribution in [1.29, 1.82) is 0 Å². The Morgan fingerprint density at radius 3 is 3.06 bits per heavy atom. The fourth-order valence-corrected chi connectivity index (χ4v) is 1.94. The summed E-state index contributed by atoms with van der Waals surface area (Å²) in [7, 11) is 0. The molecule has 0 amide bonds. The molecule has 2 aromatic rings. The van der Waals surface area contributed by atoms with Crippen LogP contribution in [-0.2, 0) is 13.1 Å². The van der Waals surface area contributed by atoms with Gasteiger partial charge in [0.1, 0.15) is 6.54 Å². The quantitative estimate of drug-likeness (QED) is 0.748. The maximum absolute atomic E-state index is 5.95. The highest BCUT2D eigenvalue weighted by molar-refractivity contribution is 6.30. The fourth-order valence-electron chi connectivity index (χ4n) is 1.73. The lowest BCUT2D eigenvalue weighted by Crippen LogP contribution is -2.31. The van der Waals surface area contributed by atoms with Crippen LogP contribution in [-0.4, -0.2) is 9.78 Å². The van der Waals surface area contributed by atoms with Gasteiger partial charge in [-0.15, -0.1) is 4.68 Å². The van der Waals surface area contributed by atoms with Gasteiger partial charge in [-0.2, -0.15) is 0 Å². The maximum atomic E-state index is 5.95. The van der Waals surface area contributed by atoms with Crippen molar-refractivity contribution in [2.45, 2.75) is 32.9 Å². The molecular weight excluding hydrogens is 234 g/mol. The SMILES string of the molecule is CCCCn1c[n+](Cc2cccc(Cl)c2)cn1. The van der Waals surface area contributed by atoms with Crippen LogP contribution in [0, 0.1) is 0 Å². The van der Waals surface area contributed by atoms with Gasteiger partial charge in [-0.3, -0.25) is 0 Å². The number of hydrogen-bond donors (Lipinski definition) is 0. The Morgan fingerprint density at radius 1 is 1.41 bits per heavy atom. The molecule has 1 heterocycles. The molecule has 0 aliphatic carbocycles. The lowest BCUT2D eigenvalue weighted by molar-refractivity contribution is -0.689. The lowest BCUT2D eigenvalue weighted by Gasteiger charge is -1.98. The highest BCUT2D eigenvalue weighted by Crippen LogP contribution is 2.09. The Kier molecular flexibility index (Phi) is 4.15. The van der Waals surface area contributed by atoms with Gasteiger partial charge in [-0.25, -0.2) is 4.57 Å². The normalized spacial score (nSPS) is 10.7. The van der Waals surface area contributed by atoms with Crippen LogP contribution in [0.5, 0.6) is 0 Å². The Labute approximate surface area is 107 Å². The number of halogens is 1. The zero-order chi connectivity index (χ0) is 12.1. The fraction of sp³-hybridized carbons (Fsp3) is 0.385. The minimum absolute atomic E-state index is 0.779. The summed E-state index contributed by atoms with van der Waals surface area (Å²) in [4.78, 5) is 0. The summed E-state index contributed by atoms with van der Waals surface area (Å²) in [6, 6.07) is 7.92. The van der Waals surface area contributed by atoms with Crippen molar-refractivity contribution < 1.29 is 4.57 Å². The number of aryl methyl sites for hydroxylation is 1. The summed E-state index contributed by atoms with van der Waals surface area (Å²) in [5.41, 5.74) is 1.19. The van der Waals surface area contributed by atoms with E-state index in [-0.39, 0.29) is 0 Å². The van der Waals surface area contributed by atoms with Crippen LogP contribution in [0.3, 0.4) is 0 Å². The number of hydrogen-bond acceptors (Lipinski definition) is 1. The van der Waals surface area contributed by atoms with Gasteiger partial charge in [0.25, 0.3) is 6.33 Å². The second-order valence-electron chi connectivity index (χ2n) is 4.17. The first-order chi connectivity index (χ1) is 8.28. The van der Waals surface area contributed by atoms with E-state index < -0.39 is 0 Å². The average molecular weight is 251 g/mol. The molecular formula is C13H17ClN3+. The van der Waals surface area contributed by atoms with Gasteiger partial charge in [0.15, 0.2) is 0 Å². The monoisotopic (exact) mass is 250 g/mol. The molecule has 2 rings (SSSR count). The van der Waals surface area contributed by atoms with E-state index in [0.29, 0.717) is 0 Å². The predicted octanol–water partition coefficient (Wildman–Crippen LogP) is 2.67. The van der Waals surface area contributed by atoms with Gasteiger partial charge in [0, 0.05) is 10.1 Å². The molecule has 17 heavy (non-hydrogen) atoms.